The minimum absolute atomic E-state index is 0.169. The quantitative estimate of drug-likeness (QED) is 0.360. The van der Waals surface area contributed by atoms with Gasteiger partial charge in [-0.15, -0.1) is 0 Å². The topological polar surface area (TPSA) is 71.2 Å². The molecule has 4 aliphatic carbocycles. The number of esters is 1. The number of hydrogen-bond acceptors (Lipinski definition) is 4. The molecule has 0 saturated heterocycles. The molecule has 2 aromatic carbocycles. The van der Waals surface area contributed by atoms with Gasteiger partial charge in [0.25, 0.3) is 0 Å². The van der Waals surface area contributed by atoms with Crippen molar-refractivity contribution >= 4 is 22.7 Å². The zero-order valence-electron chi connectivity index (χ0n) is 20.9. The summed E-state index contributed by atoms with van der Waals surface area (Å²) in [6.07, 6.45) is 9.27. The number of aromatic nitrogens is 1. The van der Waals surface area contributed by atoms with Crippen LogP contribution in [0.2, 0.25) is 0 Å². The van der Waals surface area contributed by atoms with Crippen LogP contribution in [0.4, 0.5) is 0 Å². The van der Waals surface area contributed by atoms with E-state index in [-0.39, 0.29) is 17.4 Å². The number of fused-ring (bicyclic) bond motifs is 3. The fourth-order valence-electron chi connectivity index (χ4n) is 8.60. The number of benzene rings is 2. The number of ketones is 1. The molecule has 186 valence electrons. The highest BCUT2D eigenvalue weighted by Gasteiger charge is 2.51. The van der Waals surface area contributed by atoms with Crippen LogP contribution in [0, 0.1) is 23.2 Å². The van der Waals surface area contributed by atoms with E-state index < -0.39 is 6.04 Å². The van der Waals surface area contributed by atoms with Crippen LogP contribution in [0.5, 0.6) is 0 Å². The van der Waals surface area contributed by atoms with Gasteiger partial charge in [-0.05, 0) is 78.9 Å². The first kappa shape index (κ1) is 22.3. The molecule has 2 atom stereocenters. The average molecular weight is 483 g/mol. The number of methoxy groups -OCH3 is 1. The monoisotopic (exact) mass is 482 g/mol. The van der Waals surface area contributed by atoms with Gasteiger partial charge in [0.2, 0.25) is 0 Å². The lowest BCUT2D eigenvalue weighted by Crippen LogP contribution is -2.46. The molecule has 2 N–H and O–H groups in total. The minimum atomic E-state index is -0.413. The first-order valence-corrected chi connectivity index (χ1v) is 13.6. The number of H-pyrrole nitrogens is 1. The van der Waals surface area contributed by atoms with Crippen LogP contribution < -0.4 is 5.32 Å². The Morgan fingerprint density at radius 1 is 0.944 bits per heavy atom. The lowest BCUT2D eigenvalue weighted by molar-refractivity contribution is -0.143. The predicted molar refractivity (Wildman–Crippen MR) is 139 cm³/mol. The van der Waals surface area contributed by atoms with Crippen molar-refractivity contribution in [2.75, 3.05) is 7.11 Å². The molecule has 4 fully saturated rings. The lowest BCUT2D eigenvalue weighted by Gasteiger charge is -2.56. The number of rotatable bonds is 5. The highest BCUT2D eigenvalue weighted by molar-refractivity contribution is 5.96. The van der Waals surface area contributed by atoms with E-state index in [2.05, 4.69) is 34.6 Å². The normalized spacial score (nSPS) is 32.4. The van der Waals surface area contributed by atoms with Crippen molar-refractivity contribution in [2.24, 2.45) is 23.2 Å². The van der Waals surface area contributed by atoms with E-state index >= 15 is 0 Å². The fourth-order valence-corrected chi connectivity index (χ4v) is 8.60. The SMILES string of the molecule is COC(=O)[C@H]1Cc2c([nH]c3ccccc23)[C@@H](c2ccc(C(=O)CC34CC5CC(CC(C5)C3)C4)cc2)N1. The Balaban J connectivity index is 1.16. The van der Waals surface area contributed by atoms with Crippen LogP contribution in [0.15, 0.2) is 48.5 Å². The number of nitrogens with one attached hydrogen (secondary N) is 2. The van der Waals surface area contributed by atoms with Gasteiger partial charge in [-0.2, -0.15) is 0 Å². The van der Waals surface area contributed by atoms with E-state index in [1.54, 1.807) is 0 Å². The van der Waals surface area contributed by atoms with Gasteiger partial charge < -0.3 is 9.72 Å². The van der Waals surface area contributed by atoms with Crippen molar-refractivity contribution in [3.05, 3.63) is 70.9 Å². The van der Waals surface area contributed by atoms with Crippen molar-refractivity contribution in [2.45, 2.75) is 63.5 Å². The second-order valence-corrected chi connectivity index (χ2v) is 12.1. The number of aromatic amines is 1. The largest absolute Gasteiger partial charge is 0.468 e. The van der Waals surface area contributed by atoms with Crippen LogP contribution in [0.3, 0.4) is 0 Å². The van der Waals surface area contributed by atoms with E-state index in [9.17, 15) is 9.59 Å². The van der Waals surface area contributed by atoms with Crippen LogP contribution in [-0.4, -0.2) is 29.9 Å². The number of para-hydroxylation sites is 1. The van der Waals surface area contributed by atoms with E-state index in [0.29, 0.717) is 18.6 Å². The third-order valence-corrected chi connectivity index (χ3v) is 9.66. The molecule has 1 aliphatic heterocycles. The molecule has 5 aliphatic rings. The Kier molecular flexibility index (Phi) is 5.14. The van der Waals surface area contributed by atoms with Gasteiger partial charge in [0.1, 0.15) is 6.04 Å². The van der Waals surface area contributed by atoms with E-state index in [0.717, 1.165) is 51.0 Å². The summed E-state index contributed by atoms with van der Waals surface area (Å²) < 4.78 is 5.09. The van der Waals surface area contributed by atoms with Crippen LogP contribution in [-0.2, 0) is 16.0 Å². The molecular weight excluding hydrogens is 448 g/mol. The van der Waals surface area contributed by atoms with Gasteiger partial charge in [0.05, 0.1) is 13.2 Å². The highest BCUT2D eigenvalue weighted by atomic mass is 16.5. The highest BCUT2D eigenvalue weighted by Crippen LogP contribution is 2.61. The van der Waals surface area contributed by atoms with Crippen molar-refractivity contribution < 1.29 is 14.3 Å². The standard InChI is InChI=1S/C31H34N2O3/c1-36-30(35)26-13-24-23-4-2-3-5-25(23)32-29(24)28(33-26)22-8-6-21(7-9-22)27(34)17-31-14-18-10-19(15-31)12-20(11-18)16-31/h2-9,18-20,26,28,32-33H,10-17H2,1H3/t18?,19?,20?,26-,28-,31?/m1/s1. The number of carbonyl (C=O) groups excluding carboxylic acids is 2. The molecule has 5 heteroatoms. The molecule has 1 aromatic heterocycles. The molecule has 3 aromatic rings. The maximum Gasteiger partial charge on any atom is 0.323 e. The Morgan fingerprint density at radius 3 is 2.28 bits per heavy atom. The summed E-state index contributed by atoms with van der Waals surface area (Å²) in [5, 5.41) is 4.65. The van der Waals surface area contributed by atoms with Crippen LogP contribution in [0.25, 0.3) is 10.9 Å². The Bertz CT molecular complexity index is 1300. The Hall–Kier alpha value is -2.92. The number of carbonyl (C=O) groups is 2. The average Bonchev–Trinajstić information content (AvgIpc) is 3.25. The summed E-state index contributed by atoms with van der Waals surface area (Å²) in [4.78, 5) is 29.5. The third kappa shape index (κ3) is 3.62. The fraction of sp³-hybridized carbons (Fsp3) is 0.484. The zero-order chi connectivity index (χ0) is 24.4. The second kappa shape index (κ2) is 8.31. The molecular formula is C31H34N2O3. The molecule has 4 saturated carbocycles. The molecule has 5 nitrogen and oxygen atoms in total. The van der Waals surface area contributed by atoms with Crippen LogP contribution >= 0.6 is 0 Å². The van der Waals surface area contributed by atoms with Crippen molar-refractivity contribution in [3.8, 4) is 0 Å². The molecule has 4 bridgehead atoms. The van der Waals surface area contributed by atoms with Gasteiger partial charge in [0, 0.05) is 35.0 Å². The van der Waals surface area contributed by atoms with Crippen molar-refractivity contribution in [3.63, 3.8) is 0 Å². The number of hydrogen-bond donors (Lipinski definition) is 2. The molecule has 0 unspecified atom stereocenters. The van der Waals surface area contributed by atoms with Gasteiger partial charge in [0.15, 0.2) is 5.78 Å². The first-order valence-electron chi connectivity index (χ1n) is 13.6. The summed E-state index contributed by atoms with van der Waals surface area (Å²) >= 11 is 0. The third-order valence-electron chi connectivity index (χ3n) is 9.66. The second-order valence-electron chi connectivity index (χ2n) is 12.1. The predicted octanol–water partition coefficient (Wildman–Crippen LogP) is 5.73. The van der Waals surface area contributed by atoms with Crippen molar-refractivity contribution in [1.29, 1.82) is 0 Å². The summed E-state index contributed by atoms with van der Waals surface area (Å²) in [6, 6.07) is 15.7. The van der Waals surface area contributed by atoms with Crippen LogP contribution in [0.1, 0.15) is 78.2 Å². The molecule has 8 rings (SSSR count). The Morgan fingerprint density at radius 2 is 1.61 bits per heavy atom. The number of ether oxygens (including phenoxy) is 1. The maximum atomic E-state index is 13.4. The molecule has 0 spiro atoms. The summed E-state index contributed by atoms with van der Waals surface area (Å²) in [5.74, 6) is 2.61. The Labute approximate surface area is 212 Å². The van der Waals surface area contributed by atoms with Gasteiger partial charge in [-0.1, -0.05) is 42.5 Å². The first-order chi connectivity index (χ1) is 17.5. The molecule has 2 heterocycles. The van der Waals surface area contributed by atoms with Gasteiger partial charge >= 0.3 is 5.97 Å². The lowest BCUT2D eigenvalue weighted by atomic mass is 9.48. The number of Topliss-reactive ketones (excluding diaryl/α,β-unsaturated/α-hetero) is 1. The summed E-state index contributed by atoms with van der Waals surface area (Å²) in [5.41, 5.74) is 5.43. The molecule has 0 radical (unpaired) electrons. The van der Waals surface area contributed by atoms with E-state index in [1.807, 2.05) is 24.3 Å². The van der Waals surface area contributed by atoms with E-state index in [1.165, 1.54) is 45.6 Å². The smallest absolute Gasteiger partial charge is 0.323 e. The maximum absolute atomic E-state index is 13.4. The zero-order valence-corrected chi connectivity index (χ0v) is 20.9. The van der Waals surface area contributed by atoms with E-state index in [4.69, 9.17) is 4.74 Å². The van der Waals surface area contributed by atoms with Crippen molar-refractivity contribution in [1.82, 2.24) is 10.3 Å². The minimum Gasteiger partial charge on any atom is -0.468 e. The molecule has 0 amide bonds. The summed E-state index contributed by atoms with van der Waals surface area (Å²) in [7, 11) is 1.44. The summed E-state index contributed by atoms with van der Waals surface area (Å²) in [6.45, 7) is 0. The molecule has 36 heavy (non-hydrogen) atoms. The van der Waals surface area contributed by atoms with Gasteiger partial charge in [-0.3, -0.25) is 14.9 Å². The van der Waals surface area contributed by atoms with Gasteiger partial charge in [-0.25, -0.2) is 0 Å².